The number of likely N-dealkylation sites (tertiary alicyclic amines) is 1. The highest BCUT2D eigenvalue weighted by atomic mass is 35.5. The Labute approximate surface area is 101 Å². The fraction of sp³-hybridized carbons (Fsp3) is 0.909. The lowest BCUT2D eigenvalue weighted by Gasteiger charge is -2.46. The second-order valence-electron chi connectivity index (χ2n) is 4.73. The minimum atomic E-state index is -0.322. The van der Waals surface area contributed by atoms with Crippen molar-refractivity contribution in [3.8, 4) is 0 Å². The number of alkyl halides is 1. The molecule has 0 aromatic heterocycles. The van der Waals surface area contributed by atoms with E-state index in [1.165, 1.54) is 0 Å². The van der Waals surface area contributed by atoms with Crippen molar-refractivity contribution in [2.24, 2.45) is 0 Å². The van der Waals surface area contributed by atoms with Crippen LogP contribution >= 0.6 is 11.6 Å². The molecule has 2 aliphatic heterocycles. The smallest absolute Gasteiger partial charge is 0.237 e. The first-order valence-corrected chi connectivity index (χ1v) is 6.34. The van der Waals surface area contributed by atoms with Crippen molar-refractivity contribution >= 4 is 17.5 Å². The molecule has 0 saturated carbocycles. The summed E-state index contributed by atoms with van der Waals surface area (Å²) in [6.07, 6.45) is 2.90. The lowest BCUT2D eigenvalue weighted by Crippen LogP contribution is -2.55. The van der Waals surface area contributed by atoms with Gasteiger partial charge in [0.2, 0.25) is 5.91 Å². The molecule has 4 nitrogen and oxygen atoms in total. The summed E-state index contributed by atoms with van der Waals surface area (Å²) in [4.78, 5) is 13.3. The van der Waals surface area contributed by atoms with E-state index in [-0.39, 0.29) is 23.5 Å². The van der Waals surface area contributed by atoms with Crippen LogP contribution in [0.2, 0.25) is 0 Å². The molecule has 0 aliphatic carbocycles. The Hall–Kier alpha value is -0.320. The van der Waals surface area contributed by atoms with Crippen molar-refractivity contribution in [1.29, 1.82) is 0 Å². The minimum absolute atomic E-state index is 0.0264. The molecule has 2 saturated heterocycles. The van der Waals surface area contributed by atoms with Gasteiger partial charge in [-0.2, -0.15) is 0 Å². The Kier molecular flexibility index (Phi) is 3.72. The van der Waals surface area contributed by atoms with Crippen LogP contribution in [-0.4, -0.2) is 53.2 Å². The summed E-state index contributed by atoms with van der Waals surface area (Å²) in [7, 11) is 0. The maximum absolute atomic E-state index is 11.6. The van der Waals surface area contributed by atoms with Crippen LogP contribution < -0.4 is 0 Å². The summed E-state index contributed by atoms with van der Waals surface area (Å²) in [6.45, 7) is 1.92. The van der Waals surface area contributed by atoms with Crippen molar-refractivity contribution in [1.82, 2.24) is 4.90 Å². The van der Waals surface area contributed by atoms with Crippen molar-refractivity contribution in [2.45, 2.75) is 37.4 Å². The third kappa shape index (κ3) is 2.50. The SMILES string of the molecule is O=C(CCl)N1CCC[C@@]2(C[C@@H](O)CCO2)C1. The van der Waals surface area contributed by atoms with Gasteiger partial charge in [0.1, 0.15) is 5.88 Å². The van der Waals surface area contributed by atoms with Crippen LogP contribution in [-0.2, 0) is 9.53 Å². The third-order valence-corrected chi connectivity index (χ3v) is 3.70. The highest BCUT2D eigenvalue weighted by Gasteiger charge is 2.41. The van der Waals surface area contributed by atoms with Gasteiger partial charge in [-0.3, -0.25) is 4.79 Å². The van der Waals surface area contributed by atoms with Gasteiger partial charge in [0.05, 0.1) is 11.7 Å². The number of rotatable bonds is 1. The fourth-order valence-electron chi connectivity index (χ4n) is 2.68. The predicted octanol–water partition coefficient (Wildman–Crippen LogP) is 0.758. The van der Waals surface area contributed by atoms with E-state index in [1.807, 2.05) is 0 Å². The molecule has 2 fully saturated rings. The molecule has 5 heteroatoms. The average molecular weight is 248 g/mol. The van der Waals surface area contributed by atoms with E-state index in [1.54, 1.807) is 4.90 Å². The van der Waals surface area contributed by atoms with Crippen LogP contribution in [0.4, 0.5) is 0 Å². The summed E-state index contributed by atoms with van der Waals surface area (Å²) in [5.74, 6) is -0.0112. The number of piperidine rings is 1. The van der Waals surface area contributed by atoms with Gasteiger partial charge in [0, 0.05) is 26.1 Å². The van der Waals surface area contributed by atoms with E-state index in [2.05, 4.69) is 0 Å². The highest BCUT2D eigenvalue weighted by Crippen LogP contribution is 2.33. The van der Waals surface area contributed by atoms with Gasteiger partial charge in [-0.25, -0.2) is 0 Å². The monoisotopic (exact) mass is 247 g/mol. The molecule has 0 aromatic carbocycles. The van der Waals surface area contributed by atoms with Gasteiger partial charge in [-0.15, -0.1) is 11.6 Å². The van der Waals surface area contributed by atoms with Crippen molar-refractivity contribution in [3.05, 3.63) is 0 Å². The van der Waals surface area contributed by atoms with Crippen LogP contribution in [0, 0.1) is 0 Å². The molecule has 92 valence electrons. The molecule has 16 heavy (non-hydrogen) atoms. The van der Waals surface area contributed by atoms with E-state index in [0.717, 1.165) is 19.4 Å². The Morgan fingerprint density at radius 2 is 2.44 bits per heavy atom. The van der Waals surface area contributed by atoms with Crippen molar-refractivity contribution in [3.63, 3.8) is 0 Å². The Morgan fingerprint density at radius 3 is 3.12 bits per heavy atom. The molecule has 2 atom stereocenters. The molecule has 0 radical (unpaired) electrons. The van der Waals surface area contributed by atoms with Gasteiger partial charge in [0.15, 0.2) is 0 Å². The fourth-order valence-corrected chi connectivity index (χ4v) is 2.85. The standard InChI is InChI=1S/C11H18ClNO3/c12-7-10(15)13-4-1-3-11(8-13)6-9(14)2-5-16-11/h9,14H,1-8H2/t9-,11+/m0/s1. The second-order valence-corrected chi connectivity index (χ2v) is 5.00. The number of aliphatic hydroxyl groups is 1. The zero-order chi connectivity index (χ0) is 11.6. The number of carbonyl (C=O) groups excluding carboxylic acids is 1. The molecular weight excluding hydrogens is 230 g/mol. The first-order chi connectivity index (χ1) is 7.65. The molecule has 2 rings (SSSR count). The van der Waals surface area contributed by atoms with E-state index >= 15 is 0 Å². The number of hydrogen-bond acceptors (Lipinski definition) is 3. The molecule has 0 unspecified atom stereocenters. The van der Waals surface area contributed by atoms with Crippen LogP contribution in [0.3, 0.4) is 0 Å². The zero-order valence-electron chi connectivity index (χ0n) is 9.32. The largest absolute Gasteiger partial charge is 0.393 e. The summed E-state index contributed by atoms with van der Waals surface area (Å²) in [5.41, 5.74) is -0.322. The molecule has 2 aliphatic rings. The average Bonchev–Trinajstić information content (AvgIpc) is 2.28. The summed E-state index contributed by atoms with van der Waals surface area (Å²) in [5, 5.41) is 9.70. The minimum Gasteiger partial charge on any atom is -0.393 e. The molecule has 0 bridgehead atoms. The van der Waals surface area contributed by atoms with E-state index in [0.29, 0.717) is 26.0 Å². The van der Waals surface area contributed by atoms with Gasteiger partial charge in [-0.1, -0.05) is 0 Å². The summed E-state index contributed by atoms with van der Waals surface area (Å²) < 4.78 is 5.80. The lowest BCUT2D eigenvalue weighted by atomic mass is 9.84. The summed E-state index contributed by atoms with van der Waals surface area (Å²) >= 11 is 5.56. The van der Waals surface area contributed by atoms with Gasteiger partial charge in [-0.05, 0) is 19.3 Å². The number of amides is 1. The lowest BCUT2D eigenvalue weighted by molar-refractivity contribution is -0.159. The maximum Gasteiger partial charge on any atom is 0.237 e. The van der Waals surface area contributed by atoms with Gasteiger partial charge < -0.3 is 14.7 Å². The summed E-state index contributed by atoms with van der Waals surface area (Å²) in [6, 6.07) is 0. The molecule has 2 heterocycles. The van der Waals surface area contributed by atoms with Crippen molar-refractivity contribution in [2.75, 3.05) is 25.6 Å². The normalized spacial score (nSPS) is 35.4. The quantitative estimate of drug-likeness (QED) is 0.696. The molecule has 1 spiro atoms. The van der Waals surface area contributed by atoms with E-state index in [9.17, 15) is 9.90 Å². The Morgan fingerprint density at radius 1 is 1.62 bits per heavy atom. The first kappa shape index (κ1) is 12.1. The first-order valence-electron chi connectivity index (χ1n) is 5.81. The predicted molar refractivity (Wildman–Crippen MR) is 60.5 cm³/mol. The topological polar surface area (TPSA) is 49.8 Å². The van der Waals surface area contributed by atoms with Gasteiger partial charge in [0.25, 0.3) is 0 Å². The molecule has 0 aromatic rings. The number of ether oxygens (including phenoxy) is 1. The van der Waals surface area contributed by atoms with Crippen molar-refractivity contribution < 1.29 is 14.6 Å². The van der Waals surface area contributed by atoms with E-state index in [4.69, 9.17) is 16.3 Å². The van der Waals surface area contributed by atoms with E-state index < -0.39 is 0 Å². The van der Waals surface area contributed by atoms with Crippen LogP contribution in [0.25, 0.3) is 0 Å². The third-order valence-electron chi connectivity index (χ3n) is 3.47. The number of nitrogens with zero attached hydrogens (tertiary/aromatic N) is 1. The zero-order valence-corrected chi connectivity index (χ0v) is 10.1. The van der Waals surface area contributed by atoms with Crippen LogP contribution in [0.15, 0.2) is 0 Å². The number of carbonyl (C=O) groups is 1. The maximum atomic E-state index is 11.6. The Balaban J connectivity index is 2.02. The number of aliphatic hydroxyl groups excluding tert-OH is 1. The number of halogens is 1. The molecule has 1 amide bonds. The number of hydrogen-bond donors (Lipinski definition) is 1. The van der Waals surface area contributed by atoms with Crippen LogP contribution in [0.5, 0.6) is 0 Å². The molecule has 1 N–H and O–H groups in total. The Bertz CT molecular complexity index is 270. The van der Waals surface area contributed by atoms with Crippen LogP contribution in [0.1, 0.15) is 25.7 Å². The molecular formula is C11H18ClNO3. The van der Waals surface area contributed by atoms with Gasteiger partial charge >= 0.3 is 0 Å². The highest BCUT2D eigenvalue weighted by molar-refractivity contribution is 6.27. The second kappa shape index (κ2) is 4.90.